The number of hydrogen-bond acceptors (Lipinski definition) is 6. The Kier molecular flexibility index (Phi) is 6.92. The average Bonchev–Trinajstić information content (AvgIpc) is 3.17. The number of hydrogen-bond donors (Lipinski definition) is 2. The predicted octanol–water partition coefficient (Wildman–Crippen LogP) is 0.862. The van der Waals surface area contributed by atoms with Crippen LogP contribution in [-0.2, 0) is 19.6 Å². The maximum Gasteiger partial charge on any atom is 0.338 e. The monoisotopic (exact) mass is 397 g/mol. The molecule has 27 heavy (non-hydrogen) atoms. The molecule has 0 spiro atoms. The zero-order valence-electron chi connectivity index (χ0n) is 15.2. The first-order valence-electron chi connectivity index (χ1n) is 8.65. The standard InChI is InChI=1S/C17H23N3O6S/c1-3-18-17(23)19-15(21)12(2)26-16(22)13-7-6-8-14(11-13)27(24,25)20-9-4-5-10-20/h6-8,11-12H,3-5,9-10H2,1-2H3,(H2,18,19,21,23)/t12-/m1/s1. The van der Waals surface area contributed by atoms with Crippen LogP contribution >= 0.6 is 0 Å². The fourth-order valence-corrected chi connectivity index (χ4v) is 4.12. The summed E-state index contributed by atoms with van der Waals surface area (Å²) in [5.41, 5.74) is 0.00734. The summed E-state index contributed by atoms with van der Waals surface area (Å²) in [5, 5.41) is 4.43. The number of amides is 3. The summed E-state index contributed by atoms with van der Waals surface area (Å²) < 4.78 is 31.6. The number of urea groups is 1. The summed E-state index contributed by atoms with van der Waals surface area (Å²) in [4.78, 5) is 35.4. The minimum Gasteiger partial charge on any atom is -0.449 e. The third-order valence-electron chi connectivity index (χ3n) is 4.00. The molecule has 0 aliphatic carbocycles. The van der Waals surface area contributed by atoms with Gasteiger partial charge in [0.1, 0.15) is 0 Å². The van der Waals surface area contributed by atoms with Gasteiger partial charge in [0.25, 0.3) is 5.91 Å². The van der Waals surface area contributed by atoms with Crippen LogP contribution in [0.5, 0.6) is 0 Å². The largest absolute Gasteiger partial charge is 0.449 e. The fourth-order valence-electron chi connectivity index (χ4n) is 2.56. The lowest BCUT2D eigenvalue weighted by Gasteiger charge is -2.16. The molecule has 2 N–H and O–H groups in total. The molecule has 0 bridgehead atoms. The van der Waals surface area contributed by atoms with Crippen molar-refractivity contribution in [1.29, 1.82) is 0 Å². The Hall–Kier alpha value is -2.46. The first-order valence-corrected chi connectivity index (χ1v) is 10.1. The normalized spacial score (nSPS) is 15.8. The van der Waals surface area contributed by atoms with E-state index in [-0.39, 0.29) is 10.5 Å². The quantitative estimate of drug-likeness (QED) is 0.687. The number of nitrogens with zero attached hydrogens (tertiary/aromatic N) is 1. The molecule has 2 rings (SSSR count). The predicted molar refractivity (Wildman–Crippen MR) is 96.5 cm³/mol. The van der Waals surface area contributed by atoms with E-state index in [4.69, 9.17) is 4.74 Å². The smallest absolute Gasteiger partial charge is 0.338 e. The molecule has 1 aromatic carbocycles. The second kappa shape index (κ2) is 8.96. The maximum absolute atomic E-state index is 12.6. The molecular weight excluding hydrogens is 374 g/mol. The number of benzene rings is 1. The van der Waals surface area contributed by atoms with E-state index < -0.39 is 34.0 Å². The lowest BCUT2D eigenvalue weighted by Crippen LogP contribution is -2.44. The van der Waals surface area contributed by atoms with Crippen LogP contribution in [0.15, 0.2) is 29.2 Å². The maximum atomic E-state index is 12.6. The Balaban J connectivity index is 2.06. The van der Waals surface area contributed by atoms with Crippen LogP contribution in [0.2, 0.25) is 0 Å². The van der Waals surface area contributed by atoms with Gasteiger partial charge in [0.15, 0.2) is 6.10 Å². The molecule has 0 aromatic heterocycles. The second-order valence-corrected chi connectivity index (χ2v) is 7.97. The van der Waals surface area contributed by atoms with Gasteiger partial charge in [-0.05, 0) is 44.9 Å². The zero-order valence-corrected chi connectivity index (χ0v) is 16.0. The van der Waals surface area contributed by atoms with Crippen LogP contribution in [0.4, 0.5) is 4.79 Å². The number of sulfonamides is 1. The molecule has 10 heteroatoms. The number of rotatable bonds is 6. The Labute approximate surface area is 158 Å². The van der Waals surface area contributed by atoms with E-state index in [0.29, 0.717) is 19.6 Å². The Morgan fingerprint density at radius 3 is 2.52 bits per heavy atom. The van der Waals surface area contributed by atoms with Gasteiger partial charge < -0.3 is 10.1 Å². The van der Waals surface area contributed by atoms with Gasteiger partial charge in [0, 0.05) is 19.6 Å². The van der Waals surface area contributed by atoms with E-state index in [1.807, 2.05) is 5.32 Å². The highest BCUT2D eigenvalue weighted by Gasteiger charge is 2.28. The van der Waals surface area contributed by atoms with E-state index in [0.717, 1.165) is 12.8 Å². The molecular formula is C17H23N3O6S. The number of carbonyl (C=O) groups is 3. The summed E-state index contributed by atoms with van der Waals surface area (Å²) >= 11 is 0. The van der Waals surface area contributed by atoms with Gasteiger partial charge in [-0.1, -0.05) is 6.07 Å². The molecule has 3 amide bonds. The summed E-state index contributed by atoms with van der Waals surface area (Å²) in [6.07, 6.45) is 0.386. The van der Waals surface area contributed by atoms with Crippen molar-refractivity contribution in [3.05, 3.63) is 29.8 Å². The van der Waals surface area contributed by atoms with E-state index in [9.17, 15) is 22.8 Å². The van der Waals surface area contributed by atoms with Crippen molar-refractivity contribution in [3.8, 4) is 0 Å². The highest BCUT2D eigenvalue weighted by atomic mass is 32.2. The van der Waals surface area contributed by atoms with Crippen molar-refractivity contribution in [2.45, 2.75) is 37.7 Å². The fraction of sp³-hybridized carbons (Fsp3) is 0.471. The summed E-state index contributed by atoms with van der Waals surface area (Å²) in [6.45, 7) is 4.25. The molecule has 1 aromatic rings. The molecule has 1 atom stereocenters. The summed E-state index contributed by atoms with van der Waals surface area (Å²) in [7, 11) is -3.67. The topological polar surface area (TPSA) is 122 Å². The first-order chi connectivity index (χ1) is 12.8. The highest BCUT2D eigenvalue weighted by Crippen LogP contribution is 2.22. The molecule has 148 valence electrons. The molecule has 0 radical (unpaired) electrons. The van der Waals surface area contributed by atoms with Gasteiger partial charge >= 0.3 is 12.0 Å². The van der Waals surface area contributed by atoms with Crippen LogP contribution in [-0.4, -0.2) is 56.4 Å². The third-order valence-corrected chi connectivity index (χ3v) is 5.89. The van der Waals surface area contributed by atoms with Crippen LogP contribution in [0.25, 0.3) is 0 Å². The Morgan fingerprint density at radius 1 is 1.22 bits per heavy atom. The van der Waals surface area contributed by atoms with Crippen molar-refractivity contribution in [2.75, 3.05) is 19.6 Å². The first kappa shape index (κ1) is 20.8. The molecule has 0 unspecified atom stereocenters. The molecule has 1 aliphatic rings. The van der Waals surface area contributed by atoms with Gasteiger partial charge in [-0.3, -0.25) is 10.1 Å². The van der Waals surface area contributed by atoms with E-state index in [2.05, 4.69) is 5.32 Å². The molecule has 1 aliphatic heterocycles. The van der Waals surface area contributed by atoms with Crippen LogP contribution in [0, 0.1) is 0 Å². The molecule has 0 saturated carbocycles. The van der Waals surface area contributed by atoms with Gasteiger partial charge in [-0.15, -0.1) is 0 Å². The summed E-state index contributed by atoms with van der Waals surface area (Å²) in [6, 6.07) is 4.79. The highest BCUT2D eigenvalue weighted by molar-refractivity contribution is 7.89. The SMILES string of the molecule is CCNC(=O)NC(=O)[C@@H](C)OC(=O)c1cccc(S(=O)(=O)N2CCCC2)c1. The van der Waals surface area contributed by atoms with Crippen molar-refractivity contribution >= 4 is 27.9 Å². The van der Waals surface area contributed by atoms with Gasteiger partial charge in [0.05, 0.1) is 10.5 Å². The Morgan fingerprint density at radius 2 is 1.89 bits per heavy atom. The Bertz CT molecular complexity index is 818. The summed E-state index contributed by atoms with van der Waals surface area (Å²) in [5.74, 6) is -1.64. The number of imide groups is 1. The van der Waals surface area contributed by atoms with Gasteiger partial charge in [0.2, 0.25) is 10.0 Å². The average molecular weight is 397 g/mol. The van der Waals surface area contributed by atoms with Crippen LogP contribution in [0.3, 0.4) is 0 Å². The van der Waals surface area contributed by atoms with Crippen LogP contribution < -0.4 is 10.6 Å². The lowest BCUT2D eigenvalue weighted by molar-refractivity contribution is -0.127. The van der Waals surface area contributed by atoms with Crippen molar-refractivity contribution in [3.63, 3.8) is 0 Å². The van der Waals surface area contributed by atoms with Gasteiger partial charge in [-0.25, -0.2) is 18.0 Å². The zero-order chi connectivity index (χ0) is 20.0. The van der Waals surface area contributed by atoms with Crippen molar-refractivity contribution in [1.82, 2.24) is 14.9 Å². The minimum atomic E-state index is -3.67. The molecule has 1 saturated heterocycles. The molecule has 1 fully saturated rings. The van der Waals surface area contributed by atoms with Gasteiger partial charge in [-0.2, -0.15) is 4.31 Å². The van der Waals surface area contributed by atoms with Crippen molar-refractivity contribution in [2.24, 2.45) is 0 Å². The molecule has 9 nitrogen and oxygen atoms in total. The molecule has 1 heterocycles. The van der Waals surface area contributed by atoms with E-state index in [1.165, 1.54) is 35.5 Å². The lowest BCUT2D eigenvalue weighted by atomic mass is 10.2. The van der Waals surface area contributed by atoms with Crippen LogP contribution in [0.1, 0.15) is 37.0 Å². The number of nitrogens with one attached hydrogen (secondary N) is 2. The van der Waals surface area contributed by atoms with Crippen molar-refractivity contribution < 1.29 is 27.5 Å². The van der Waals surface area contributed by atoms with E-state index >= 15 is 0 Å². The second-order valence-electron chi connectivity index (χ2n) is 6.04. The third kappa shape index (κ3) is 5.27. The minimum absolute atomic E-state index is 0.00159. The number of ether oxygens (including phenoxy) is 1. The number of carbonyl (C=O) groups excluding carboxylic acids is 3. The number of esters is 1. The van der Waals surface area contributed by atoms with E-state index in [1.54, 1.807) is 6.92 Å².